The molecule has 0 heterocycles. The van der Waals surface area contributed by atoms with Gasteiger partial charge in [0.1, 0.15) is 0 Å². The fourth-order valence-electron chi connectivity index (χ4n) is 0.0953. The lowest BCUT2D eigenvalue weighted by Crippen LogP contribution is -2.56. The van der Waals surface area contributed by atoms with E-state index in [9.17, 15) is 0 Å². The third kappa shape index (κ3) is 5.72. The Balaban J connectivity index is 2.45. The van der Waals surface area contributed by atoms with Crippen LogP contribution in [0, 0.1) is 0 Å². The zero-order valence-electron chi connectivity index (χ0n) is 3.52. The highest BCUT2D eigenvalue weighted by Gasteiger charge is 1.68. The van der Waals surface area contributed by atoms with Gasteiger partial charge in [0.25, 0.3) is 0 Å². The van der Waals surface area contributed by atoms with E-state index < -0.39 is 0 Å². The predicted octanol–water partition coefficient (Wildman–Crippen LogP) is -3.14. The molecule has 0 amide bonds. The normalized spacial score (nSPS) is 9.43. The van der Waals surface area contributed by atoms with Gasteiger partial charge in [-0.15, -0.1) is 5.59 Å². The van der Waals surface area contributed by atoms with E-state index in [1.54, 1.807) is 5.59 Å². The summed E-state index contributed by atoms with van der Waals surface area (Å²) in [7, 11) is 0. The van der Waals surface area contributed by atoms with Crippen molar-refractivity contribution in [3.05, 3.63) is 0 Å². The topological polar surface area (TPSA) is 106 Å². The van der Waals surface area contributed by atoms with Crippen molar-refractivity contribution in [1.29, 1.82) is 0 Å². The lowest BCUT2D eigenvalue weighted by Gasteiger charge is -2.02. The molecule has 7 heteroatoms. The first kappa shape index (κ1) is 6.72. The summed E-state index contributed by atoms with van der Waals surface area (Å²) in [5.41, 5.74) is 10.0. The Bertz CT molecular complexity index is 23.4. The summed E-state index contributed by atoms with van der Waals surface area (Å²) in [6.07, 6.45) is 0. The highest BCUT2D eigenvalue weighted by Crippen LogP contribution is 1.16. The van der Waals surface area contributed by atoms with Crippen molar-refractivity contribution < 1.29 is 5.21 Å². The van der Waals surface area contributed by atoms with E-state index in [0.717, 1.165) is 0 Å². The maximum absolute atomic E-state index is 7.76. The van der Waals surface area contributed by atoms with Gasteiger partial charge in [-0.2, -0.15) is 22.1 Å². The van der Waals surface area contributed by atoms with Crippen LogP contribution in [0.2, 0.25) is 0 Å². The maximum atomic E-state index is 7.76. The third-order valence-electron chi connectivity index (χ3n) is 0.253. The summed E-state index contributed by atoms with van der Waals surface area (Å²) in [5.74, 6) is 4.70. The lowest BCUT2D eigenvalue weighted by molar-refractivity contribution is 0.0880. The standard InChI is InChI=1S/H8N6O/c1-2-3-4-5-6-7/h2-7H,1H2. The van der Waals surface area contributed by atoms with E-state index in [-0.39, 0.29) is 0 Å². The van der Waals surface area contributed by atoms with E-state index >= 15 is 0 Å². The molecule has 8 N–H and O–H groups in total. The van der Waals surface area contributed by atoms with Crippen molar-refractivity contribution in [2.75, 3.05) is 0 Å². The molecule has 0 aliphatic heterocycles. The average molecular weight is 108 g/mol. The Labute approximate surface area is 40.1 Å². The molecule has 0 bridgehead atoms. The molecule has 0 spiro atoms. The van der Waals surface area contributed by atoms with Gasteiger partial charge in [-0.25, -0.2) is 0 Å². The van der Waals surface area contributed by atoms with E-state index in [4.69, 9.17) is 11.0 Å². The van der Waals surface area contributed by atoms with Crippen molar-refractivity contribution in [2.24, 2.45) is 5.84 Å². The van der Waals surface area contributed by atoms with Crippen LogP contribution in [0.25, 0.3) is 0 Å². The maximum Gasteiger partial charge on any atom is -0.125 e. The minimum Gasteiger partial charge on any atom is -0.301 e. The molecule has 0 saturated heterocycles. The molecular formula is H8N6O. The second-order valence-corrected chi connectivity index (χ2v) is 0.631. The summed E-state index contributed by atoms with van der Waals surface area (Å²) in [5, 5.41) is 7.76. The van der Waals surface area contributed by atoms with E-state index in [2.05, 4.69) is 16.6 Å². The Hall–Kier alpha value is -0.280. The van der Waals surface area contributed by atoms with Crippen LogP contribution in [0.1, 0.15) is 0 Å². The highest BCUT2D eigenvalue weighted by atomic mass is 16.5. The first-order chi connectivity index (χ1) is 3.41. The molecule has 0 aromatic heterocycles. The van der Waals surface area contributed by atoms with E-state index in [1.807, 2.05) is 5.53 Å². The summed E-state index contributed by atoms with van der Waals surface area (Å²) >= 11 is 0. The van der Waals surface area contributed by atoms with Gasteiger partial charge >= 0.3 is 0 Å². The summed E-state index contributed by atoms with van der Waals surface area (Å²) < 4.78 is 0. The van der Waals surface area contributed by atoms with Gasteiger partial charge in [-0.05, 0) is 0 Å². The summed E-state index contributed by atoms with van der Waals surface area (Å²) in [4.78, 5) is 0. The Morgan fingerprint density at radius 2 is 1.86 bits per heavy atom. The number of nitrogens with two attached hydrogens (primary N) is 1. The quantitative estimate of drug-likeness (QED) is 0.116. The molecule has 0 aliphatic carbocycles. The van der Waals surface area contributed by atoms with Gasteiger partial charge in [-0.1, -0.05) is 0 Å². The Morgan fingerprint density at radius 1 is 1.14 bits per heavy atom. The third-order valence-corrected chi connectivity index (χ3v) is 0.253. The molecule has 0 saturated carbocycles. The van der Waals surface area contributed by atoms with Crippen molar-refractivity contribution in [3.63, 3.8) is 0 Å². The van der Waals surface area contributed by atoms with Crippen molar-refractivity contribution in [1.82, 2.24) is 27.7 Å². The molecule has 7 nitrogen and oxygen atoms in total. The first-order valence-corrected chi connectivity index (χ1v) is 1.51. The van der Waals surface area contributed by atoms with E-state index in [1.165, 1.54) is 0 Å². The van der Waals surface area contributed by atoms with Crippen LogP contribution in [-0.4, -0.2) is 5.21 Å². The molecule has 0 atom stereocenters. The van der Waals surface area contributed by atoms with Crippen LogP contribution in [-0.2, 0) is 0 Å². The molecule has 0 rings (SSSR count). The first-order valence-electron chi connectivity index (χ1n) is 1.51. The van der Waals surface area contributed by atoms with Crippen LogP contribution in [0.5, 0.6) is 0 Å². The van der Waals surface area contributed by atoms with Crippen LogP contribution < -0.4 is 33.6 Å². The van der Waals surface area contributed by atoms with Crippen LogP contribution in [0.3, 0.4) is 0 Å². The summed E-state index contributed by atoms with van der Waals surface area (Å²) in [6.45, 7) is 0. The second kappa shape index (κ2) is 5.72. The SMILES string of the molecule is NNNNNNO. The minimum absolute atomic E-state index is 1.58. The van der Waals surface area contributed by atoms with Gasteiger partial charge in [0.15, 0.2) is 0 Å². The number of hydrazine groups is 5. The van der Waals surface area contributed by atoms with Gasteiger partial charge in [0, 0.05) is 0 Å². The number of hydrogen-bond acceptors (Lipinski definition) is 7. The molecule has 7 heavy (non-hydrogen) atoms. The van der Waals surface area contributed by atoms with Crippen molar-refractivity contribution >= 4 is 0 Å². The molecule has 0 aromatic rings. The molecule has 0 aliphatic rings. The minimum atomic E-state index is 1.58. The van der Waals surface area contributed by atoms with Gasteiger partial charge < -0.3 is 5.21 Å². The van der Waals surface area contributed by atoms with Crippen molar-refractivity contribution in [3.8, 4) is 0 Å². The monoisotopic (exact) mass is 108 g/mol. The number of nitrogens with one attached hydrogen (secondary N) is 5. The van der Waals surface area contributed by atoms with Gasteiger partial charge in [0.05, 0.1) is 0 Å². The fourth-order valence-corrected chi connectivity index (χ4v) is 0.0953. The number of hydrogen-bond donors (Lipinski definition) is 7. The zero-order chi connectivity index (χ0) is 5.54. The average Bonchev–Trinajstić information content (AvgIpc) is 1.69. The van der Waals surface area contributed by atoms with Gasteiger partial charge in [0.2, 0.25) is 0 Å². The molecule has 0 unspecified atom stereocenters. The number of rotatable bonds is 4. The summed E-state index contributed by atoms with van der Waals surface area (Å²) in [6, 6.07) is 0. The molecule has 0 fully saturated rings. The smallest absolute Gasteiger partial charge is 0.125 e. The van der Waals surface area contributed by atoms with Crippen LogP contribution in [0.15, 0.2) is 0 Å². The van der Waals surface area contributed by atoms with Crippen molar-refractivity contribution in [2.45, 2.75) is 0 Å². The van der Waals surface area contributed by atoms with Crippen LogP contribution in [0.4, 0.5) is 0 Å². The Morgan fingerprint density at radius 3 is 2.29 bits per heavy atom. The molecule has 0 radical (unpaired) electrons. The fraction of sp³-hybridized carbons (Fsp3) is 0. The highest BCUT2D eigenvalue weighted by molar-refractivity contribution is 4.00. The predicted molar refractivity (Wildman–Crippen MR) is 21.7 cm³/mol. The molecular weight excluding hydrogens is 100 g/mol. The van der Waals surface area contributed by atoms with Crippen LogP contribution >= 0.6 is 0 Å². The molecule has 44 valence electrons. The second-order valence-electron chi connectivity index (χ2n) is 0.631. The van der Waals surface area contributed by atoms with E-state index in [0.29, 0.717) is 0 Å². The zero-order valence-corrected chi connectivity index (χ0v) is 3.52. The van der Waals surface area contributed by atoms with Gasteiger partial charge in [-0.3, -0.25) is 5.84 Å². The lowest BCUT2D eigenvalue weighted by atomic mass is 12.2. The Kier molecular flexibility index (Phi) is 5.49. The molecule has 0 aromatic carbocycles. The largest absolute Gasteiger partial charge is 0.301 e.